The number of carbonyl (C=O) groups excluding carboxylic acids is 1. The molecule has 1 rings (SSSR count). The summed E-state index contributed by atoms with van der Waals surface area (Å²) in [6.07, 6.45) is 4.57. The Morgan fingerprint density at radius 2 is 2.42 bits per heavy atom. The molecule has 0 saturated heterocycles. The van der Waals surface area contributed by atoms with Crippen molar-refractivity contribution in [3.05, 3.63) is 11.6 Å². The van der Waals surface area contributed by atoms with E-state index < -0.39 is 0 Å². The summed E-state index contributed by atoms with van der Waals surface area (Å²) < 4.78 is 0. The molecule has 0 spiro atoms. The Morgan fingerprint density at radius 3 is 2.83 bits per heavy atom. The molecule has 1 N–H and O–H groups in total. The molecule has 0 bridgehead atoms. The van der Waals surface area contributed by atoms with E-state index in [-0.39, 0.29) is 12.0 Å². The van der Waals surface area contributed by atoms with Crippen molar-refractivity contribution in [3.8, 4) is 0 Å². The number of aldehydes is 1. The minimum Gasteiger partial charge on any atom is -0.392 e. The van der Waals surface area contributed by atoms with Gasteiger partial charge >= 0.3 is 0 Å². The molecule has 1 aliphatic carbocycles. The molecule has 1 aliphatic rings. The van der Waals surface area contributed by atoms with Crippen LogP contribution in [0, 0.1) is 11.3 Å². The molecule has 0 unspecified atom stereocenters. The summed E-state index contributed by atoms with van der Waals surface area (Å²) in [7, 11) is 0. The number of rotatable bonds is 3. The molecule has 0 amide bonds. The van der Waals surface area contributed by atoms with Crippen LogP contribution in [0.4, 0.5) is 0 Å². The van der Waals surface area contributed by atoms with Gasteiger partial charge in [0.2, 0.25) is 0 Å². The molecular formula is C10H16O2. The maximum Gasteiger partial charge on any atom is 0.120 e. The first-order chi connectivity index (χ1) is 5.62. The second-order valence-corrected chi connectivity index (χ2v) is 3.94. The van der Waals surface area contributed by atoms with Gasteiger partial charge in [-0.05, 0) is 23.3 Å². The minimum absolute atomic E-state index is 0.00958. The highest BCUT2D eigenvalue weighted by molar-refractivity contribution is 5.50. The summed E-state index contributed by atoms with van der Waals surface area (Å²) in [6, 6.07) is 0. The Labute approximate surface area is 73.3 Å². The van der Waals surface area contributed by atoms with Crippen LogP contribution in [0.3, 0.4) is 0 Å². The number of hydrogen-bond donors (Lipinski definition) is 1. The van der Waals surface area contributed by atoms with Crippen LogP contribution in [0.2, 0.25) is 0 Å². The van der Waals surface area contributed by atoms with Crippen LogP contribution >= 0.6 is 0 Å². The Hall–Kier alpha value is -0.630. The third-order valence-electron chi connectivity index (χ3n) is 3.05. The van der Waals surface area contributed by atoms with E-state index in [1.165, 1.54) is 0 Å². The molecular weight excluding hydrogens is 152 g/mol. The molecule has 0 aliphatic heterocycles. The highest BCUT2D eigenvalue weighted by atomic mass is 16.3. The second-order valence-electron chi connectivity index (χ2n) is 3.94. The van der Waals surface area contributed by atoms with Gasteiger partial charge in [0.05, 0.1) is 6.61 Å². The Balaban J connectivity index is 2.71. The number of aliphatic hydroxyl groups is 1. The molecule has 1 atom stereocenters. The lowest BCUT2D eigenvalue weighted by Gasteiger charge is -2.28. The second kappa shape index (κ2) is 3.40. The van der Waals surface area contributed by atoms with Crippen molar-refractivity contribution >= 4 is 6.29 Å². The molecule has 0 fully saturated rings. The number of aliphatic hydroxyl groups excluding tert-OH is 1. The molecule has 12 heavy (non-hydrogen) atoms. The fourth-order valence-corrected chi connectivity index (χ4v) is 1.88. The molecule has 0 aromatic rings. The first-order valence-electron chi connectivity index (χ1n) is 4.37. The van der Waals surface area contributed by atoms with E-state index in [0.717, 1.165) is 18.3 Å². The number of hydrogen-bond acceptors (Lipinski definition) is 2. The largest absolute Gasteiger partial charge is 0.392 e. The minimum atomic E-state index is 0.00958. The van der Waals surface area contributed by atoms with E-state index in [1.807, 2.05) is 0 Å². The van der Waals surface area contributed by atoms with Crippen molar-refractivity contribution in [2.24, 2.45) is 11.3 Å². The van der Waals surface area contributed by atoms with E-state index in [2.05, 4.69) is 19.9 Å². The lowest BCUT2D eigenvalue weighted by molar-refractivity contribution is -0.109. The van der Waals surface area contributed by atoms with Gasteiger partial charge in [-0.2, -0.15) is 0 Å². The third-order valence-corrected chi connectivity index (χ3v) is 3.05. The zero-order valence-corrected chi connectivity index (χ0v) is 7.71. The van der Waals surface area contributed by atoms with Gasteiger partial charge in [-0.3, -0.25) is 0 Å². The zero-order valence-electron chi connectivity index (χ0n) is 7.71. The highest BCUT2D eigenvalue weighted by Gasteiger charge is 2.35. The Kier molecular flexibility index (Phi) is 2.68. The van der Waals surface area contributed by atoms with Gasteiger partial charge in [0.25, 0.3) is 0 Å². The quantitative estimate of drug-likeness (QED) is 0.512. The van der Waals surface area contributed by atoms with Gasteiger partial charge in [-0.15, -0.1) is 0 Å². The SMILES string of the molecule is CC1(C)C(CO)=CC[C@@H]1CC=O. The third kappa shape index (κ3) is 1.44. The average Bonchev–Trinajstić information content (AvgIpc) is 2.28. The average molecular weight is 168 g/mol. The first kappa shape index (κ1) is 9.46. The molecule has 0 aromatic carbocycles. The standard InChI is InChI=1S/C10H16O2/c1-10(2)8(5-6-11)3-4-9(10)7-12/h4,6,8,12H,3,5,7H2,1-2H3/t8-/m1/s1. The van der Waals surface area contributed by atoms with E-state index in [0.29, 0.717) is 12.3 Å². The van der Waals surface area contributed by atoms with Crippen molar-refractivity contribution in [1.82, 2.24) is 0 Å². The molecule has 0 aromatic heterocycles. The zero-order chi connectivity index (χ0) is 9.19. The van der Waals surface area contributed by atoms with Crippen LogP contribution in [0.5, 0.6) is 0 Å². The summed E-state index contributed by atoms with van der Waals surface area (Å²) in [6.45, 7) is 4.31. The number of allylic oxidation sites excluding steroid dienone is 1. The summed E-state index contributed by atoms with van der Waals surface area (Å²) in [5.74, 6) is 0.386. The summed E-state index contributed by atoms with van der Waals surface area (Å²) in [5.41, 5.74) is 1.09. The molecule has 68 valence electrons. The molecule has 2 nitrogen and oxygen atoms in total. The van der Waals surface area contributed by atoms with Gasteiger partial charge < -0.3 is 9.90 Å². The van der Waals surface area contributed by atoms with Gasteiger partial charge in [-0.25, -0.2) is 0 Å². The van der Waals surface area contributed by atoms with Crippen LogP contribution in [-0.4, -0.2) is 18.0 Å². The topological polar surface area (TPSA) is 37.3 Å². The van der Waals surface area contributed by atoms with Gasteiger partial charge in [0, 0.05) is 6.42 Å². The van der Waals surface area contributed by atoms with Crippen LogP contribution in [0.25, 0.3) is 0 Å². The van der Waals surface area contributed by atoms with Crippen LogP contribution < -0.4 is 0 Å². The lowest BCUT2D eigenvalue weighted by atomic mass is 9.76. The fraction of sp³-hybridized carbons (Fsp3) is 0.700. The van der Waals surface area contributed by atoms with Gasteiger partial charge in [0.15, 0.2) is 0 Å². The van der Waals surface area contributed by atoms with Crippen molar-refractivity contribution in [3.63, 3.8) is 0 Å². The van der Waals surface area contributed by atoms with Gasteiger partial charge in [-0.1, -0.05) is 19.9 Å². The Morgan fingerprint density at radius 1 is 1.75 bits per heavy atom. The van der Waals surface area contributed by atoms with E-state index in [1.54, 1.807) is 0 Å². The van der Waals surface area contributed by atoms with E-state index in [9.17, 15) is 4.79 Å². The van der Waals surface area contributed by atoms with E-state index >= 15 is 0 Å². The summed E-state index contributed by atoms with van der Waals surface area (Å²) in [5, 5.41) is 9.03. The summed E-state index contributed by atoms with van der Waals surface area (Å²) in [4.78, 5) is 10.4. The van der Waals surface area contributed by atoms with Gasteiger partial charge in [0.1, 0.15) is 6.29 Å². The van der Waals surface area contributed by atoms with Crippen molar-refractivity contribution in [1.29, 1.82) is 0 Å². The normalized spacial score (nSPS) is 26.9. The van der Waals surface area contributed by atoms with Crippen LogP contribution in [0.15, 0.2) is 11.6 Å². The highest BCUT2D eigenvalue weighted by Crippen LogP contribution is 2.44. The van der Waals surface area contributed by atoms with E-state index in [4.69, 9.17) is 5.11 Å². The number of carbonyl (C=O) groups is 1. The first-order valence-corrected chi connectivity index (χ1v) is 4.37. The van der Waals surface area contributed by atoms with Crippen molar-refractivity contribution in [2.45, 2.75) is 26.7 Å². The fourth-order valence-electron chi connectivity index (χ4n) is 1.88. The molecule has 0 heterocycles. The predicted molar refractivity (Wildman–Crippen MR) is 47.7 cm³/mol. The monoisotopic (exact) mass is 168 g/mol. The molecule has 2 heteroatoms. The smallest absolute Gasteiger partial charge is 0.120 e. The molecule has 0 radical (unpaired) electrons. The predicted octanol–water partition coefficient (Wildman–Crippen LogP) is 1.54. The summed E-state index contributed by atoms with van der Waals surface area (Å²) >= 11 is 0. The Bertz CT molecular complexity index is 204. The molecule has 0 saturated carbocycles. The maximum atomic E-state index is 10.4. The lowest BCUT2D eigenvalue weighted by Crippen LogP contribution is -2.23. The van der Waals surface area contributed by atoms with Crippen molar-refractivity contribution < 1.29 is 9.90 Å². The maximum absolute atomic E-state index is 10.4. The van der Waals surface area contributed by atoms with Crippen molar-refractivity contribution in [2.75, 3.05) is 6.61 Å². The van der Waals surface area contributed by atoms with Crippen LogP contribution in [0.1, 0.15) is 26.7 Å². The van der Waals surface area contributed by atoms with Crippen LogP contribution in [-0.2, 0) is 4.79 Å².